The summed E-state index contributed by atoms with van der Waals surface area (Å²) in [6, 6.07) is 1.20. The number of pyridine rings is 1. The molecule has 1 aromatic rings. The smallest absolute Gasteiger partial charge is 0.242 e. The molecule has 0 radical (unpaired) electrons. The van der Waals surface area contributed by atoms with Gasteiger partial charge in [-0.1, -0.05) is 23.2 Å². The van der Waals surface area contributed by atoms with E-state index in [0.717, 1.165) is 6.20 Å². The summed E-state index contributed by atoms with van der Waals surface area (Å²) >= 11 is 11.3. The van der Waals surface area contributed by atoms with E-state index in [1.807, 2.05) is 0 Å². The summed E-state index contributed by atoms with van der Waals surface area (Å²) in [5.74, 6) is -0.171. The number of sulfonamides is 1. The molecule has 1 amide bonds. The van der Waals surface area contributed by atoms with E-state index in [0.29, 0.717) is 0 Å². The molecule has 0 saturated heterocycles. The quantitative estimate of drug-likeness (QED) is 0.823. The van der Waals surface area contributed by atoms with E-state index in [-0.39, 0.29) is 33.9 Å². The Labute approximate surface area is 121 Å². The Kier molecular flexibility index (Phi) is 5.54. The molecule has 0 spiro atoms. The molecule has 0 bridgehead atoms. The molecule has 1 N–H and O–H groups in total. The minimum absolute atomic E-state index is 0.000405. The van der Waals surface area contributed by atoms with Crippen LogP contribution in [0.25, 0.3) is 0 Å². The maximum absolute atomic E-state index is 11.9. The van der Waals surface area contributed by atoms with Gasteiger partial charge in [-0.05, 0) is 6.07 Å². The first kappa shape index (κ1) is 16.2. The van der Waals surface area contributed by atoms with Crippen LogP contribution in [0.4, 0.5) is 0 Å². The highest BCUT2D eigenvalue weighted by atomic mass is 35.5. The lowest BCUT2D eigenvalue weighted by Gasteiger charge is -2.11. The Bertz CT molecular complexity index is 575. The number of hydrogen-bond acceptors (Lipinski definition) is 4. The maximum atomic E-state index is 11.9. The van der Waals surface area contributed by atoms with Gasteiger partial charge in [0.25, 0.3) is 0 Å². The highest BCUT2D eigenvalue weighted by molar-refractivity contribution is 7.89. The summed E-state index contributed by atoms with van der Waals surface area (Å²) in [4.78, 5) is 16.2. The zero-order valence-electron chi connectivity index (χ0n) is 10.4. The average molecular weight is 326 g/mol. The Morgan fingerprint density at radius 2 is 2.05 bits per heavy atom. The number of nitrogens with zero attached hydrogens (tertiary/aromatic N) is 2. The molecule has 1 rings (SSSR count). The molecule has 0 saturated carbocycles. The van der Waals surface area contributed by atoms with Gasteiger partial charge in [0.15, 0.2) is 0 Å². The second-order valence-corrected chi connectivity index (χ2v) is 6.41. The molecule has 0 fully saturated rings. The van der Waals surface area contributed by atoms with Gasteiger partial charge in [0.2, 0.25) is 15.9 Å². The lowest BCUT2D eigenvalue weighted by molar-refractivity contribution is -0.128. The molecule has 19 heavy (non-hydrogen) atoms. The molecule has 6 nitrogen and oxygen atoms in total. The predicted molar refractivity (Wildman–Crippen MR) is 72.8 cm³/mol. The van der Waals surface area contributed by atoms with Gasteiger partial charge in [-0.2, -0.15) is 0 Å². The van der Waals surface area contributed by atoms with Crippen LogP contribution in [-0.2, 0) is 14.8 Å². The van der Waals surface area contributed by atoms with Gasteiger partial charge in [-0.25, -0.2) is 18.1 Å². The van der Waals surface area contributed by atoms with Crippen molar-refractivity contribution in [1.29, 1.82) is 0 Å². The minimum atomic E-state index is -3.75. The van der Waals surface area contributed by atoms with Crippen LogP contribution in [0.3, 0.4) is 0 Å². The number of amides is 1. The highest BCUT2D eigenvalue weighted by Gasteiger charge is 2.16. The third-order valence-electron chi connectivity index (χ3n) is 2.21. The summed E-state index contributed by atoms with van der Waals surface area (Å²) in [6.45, 7) is -0.000405. The van der Waals surface area contributed by atoms with E-state index in [1.165, 1.54) is 11.0 Å². The topological polar surface area (TPSA) is 79.4 Å². The van der Waals surface area contributed by atoms with Crippen molar-refractivity contribution in [2.24, 2.45) is 0 Å². The number of nitrogens with one attached hydrogen (secondary N) is 1. The third kappa shape index (κ3) is 4.61. The van der Waals surface area contributed by atoms with Crippen molar-refractivity contribution in [1.82, 2.24) is 14.6 Å². The first-order valence-corrected chi connectivity index (χ1v) is 7.49. The van der Waals surface area contributed by atoms with E-state index in [9.17, 15) is 13.2 Å². The molecule has 106 valence electrons. The number of hydrogen-bond donors (Lipinski definition) is 1. The highest BCUT2D eigenvalue weighted by Crippen LogP contribution is 2.21. The van der Waals surface area contributed by atoms with Gasteiger partial charge in [0, 0.05) is 33.3 Å². The molecular weight excluding hydrogens is 313 g/mol. The minimum Gasteiger partial charge on any atom is -0.349 e. The molecule has 0 aliphatic rings. The largest absolute Gasteiger partial charge is 0.349 e. The van der Waals surface area contributed by atoms with Gasteiger partial charge in [-0.15, -0.1) is 0 Å². The first-order chi connectivity index (χ1) is 8.74. The molecule has 9 heteroatoms. The zero-order chi connectivity index (χ0) is 14.6. The van der Waals surface area contributed by atoms with Gasteiger partial charge in [-0.3, -0.25) is 4.79 Å². The fourth-order valence-electron chi connectivity index (χ4n) is 1.15. The maximum Gasteiger partial charge on any atom is 0.242 e. The number of rotatable bonds is 5. The summed E-state index contributed by atoms with van der Waals surface area (Å²) in [5, 5.41) is 0.0808. The van der Waals surface area contributed by atoms with Crippen LogP contribution in [0.5, 0.6) is 0 Å². The third-order valence-corrected chi connectivity index (χ3v) is 4.33. The SMILES string of the molecule is CN(C)C(=O)CCNS(=O)(=O)c1cnc(Cl)c(Cl)c1. The number of halogens is 2. The van der Waals surface area contributed by atoms with Crippen LogP contribution >= 0.6 is 23.2 Å². The van der Waals surface area contributed by atoms with E-state index in [2.05, 4.69) is 9.71 Å². The normalized spacial score (nSPS) is 11.4. The van der Waals surface area contributed by atoms with Crippen molar-refractivity contribution in [2.75, 3.05) is 20.6 Å². The van der Waals surface area contributed by atoms with Crippen LogP contribution < -0.4 is 4.72 Å². The fourth-order valence-corrected chi connectivity index (χ4v) is 2.49. The van der Waals surface area contributed by atoms with Gasteiger partial charge in [0.05, 0.1) is 5.02 Å². The lowest BCUT2D eigenvalue weighted by Crippen LogP contribution is -2.30. The monoisotopic (exact) mass is 325 g/mol. The van der Waals surface area contributed by atoms with Crippen molar-refractivity contribution in [2.45, 2.75) is 11.3 Å². The van der Waals surface area contributed by atoms with E-state index in [4.69, 9.17) is 23.2 Å². The lowest BCUT2D eigenvalue weighted by atomic mass is 10.4. The number of carbonyl (C=O) groups is 1. The van der Waals surface area contributed by atoms with Gasteiger partial charge >= 0.3 is 0 Å². The Morgan fingerprint density at radius 1 is 1.42 bits per heavy atom. The second-order valence-electron chi connectivity index (χ2n) is 3.88. The number of aromatic nitrogens is 1. The van der Waals surface area contributed by atoms with Crippen molar-refractivity contribution >= 4 is 39.1 Å². The molecule has 0 atom stereocenters. The van der Waals surface area contributed by atoms with Crippen LogP contribution in [0.2, 0.25) is 10.2 Å². The van der Waals surface area contributed by atoms with Crippen molar-refractivity contribution in [3.8, 4) is 0 Å². The molecule has 0 aromatic carbocycles. The van der Waals surface area contributed by atoms with Crippen molar-refractivity contribution in [3.63, 3.8) is 0 Å². The summed E-state index contributed by atoms with van der Waals surface area (Å²) < 4.78 is 26.0. The molecule has 0 aliphatic heterocycles. The summed E-state index contributed by atoms with van der Waals surface area (Å²) in [5.41, 5.74) is 0. The van der Waals surface area contributed by atoms with Crippen LogP contribution in [-0.4, -0.2) is 44.8 Å². The summed E-state index contributed by atoms with van der Waals surface area (Å²) in [6.07, 6.45) is 1.17. The fraction of sp³-hybridized carbons (Fsp3) is 0.400. The van der Waals surface area contributed by atoms with Crippen LogP contribution in [0, 0.1) is 0 Å². The van der Waals surface area contributed by atoms with E-state index < -0.39 is 10.0 Å². The van der Waals surface area contributed by atoms with Crippen LogP contribution in [0.1, 0.15) is 6.42 Å². The molecule has 1 heterocycles. The van der Waals surface area contributed by atoms with E-state index >= 15 is 0 Å². The number of carbonyl (C=O) groups excluding carboxylic acids is 1. The molecular formula is C10H13Cl2N3O3S. The summed E-state index contributed by atoms with van der Waals surface area (Å²) in [7, 11) is -0.553. The Hall–Kier alpha value is -0.890. The predicted octanol–water partition coefficient (Wildman–Crippen LogP) is 1.14. The standard InChI is InChI=1S/C10H13Cl2N3O3S/c1-15(2)9(16)3-4-14-19(17,18)7-5-8(11)10(12)13-6-7/h5-6,14H,3-4H2,1-2H3. The second kappa shape index (κ2) is 6.51. The Morgan fingerprint density at radius 3 is 2.58 bits per heavy atom. The molecule has 1 aromatic heterocycles. The van der Waals surface area contributed by atoms with Gasteiger partial charge < -0.3 is 4.90 Å². The van der Waals surface area contributed by atoms with E-state index in [1.54, 1.807) is 14.1 Å². The van der Waals surface area contributed by atoms with Crippen molar-refractivity contribution < 1.29 is 13.2 Å². The molecule has 0 unspecified atom stereocenters. The zero-order valence-corrected chi connectivity index (χ0v) is 12.7. The Balaban J connectivity index is 2.71. The first-order valence-electron chi connectivity index (χ1n) is 5.25. The van der Waals surface area contributed by atoms with Gasteiger partial charge in [0.1, 0.15) is 10.0 Å². The average Bonchev–Trinajstić information content (AvgIpc) is 2.32. The van der Waals surface area contributed by atoms with Crippen LogP contribution in [0.15, 0.2) is 17.2 Å². The van der Waals surface area contributed by atoms with Crippen molar-refractivity contribution in [3.05, 3.63) is 22.4 Å². The molecule has 0 aliphatic carbocycles.